The lowest BCUT2D eigenvalue weighted by Crippen LogP contribution is -2.11. The molecule has 2 rings (SSSR count). The lowest BCUT2D eigenvalue weighted by Gasteiger charge is -2.02. The van der Waals surface area contributed by atoms with Crippen molar-refractivity contribution < 1.29 is 8.81 Å². The summed E-state index contributed by atoms with van der Waals surface area (Å²) >= 11 is 2.13. The van der Waals surface area contributed by atoms with Crippen molar-refractivity contribution >= 4 is 22.6 Å². The topological polar surface area (TPSA) is 25.2 Å². The van der Waals surface area contributed by atoms with Gasteiger partial charge in [0, 0.05) is 6.54 Å². The Morgan fingerprint density at radius 3 is 2.44 bits per heavy atom. The van der Waals surface area contributed by atoms with Crippen LogP contribution >= 0.6 is 22.6 Å². The van der Waals surface area contributed by atoms with E-state index in [2.05, 4.69) is 27.9 Å². The van der Waals surface area contributed by atoms with Gasteiger partial charge in [-0.05, 0) is 52.4 Å². The molecule has 1 heterocycles. The van der Waals surface area contributed by atoms with Gasteiger partial charge in [0.05, 0.1) is 6.54 Å². The van der Waals surface area contributed by atoms with Crippen molar-refractivity contribution in [2.75, 3.05) is 0 Å². The number of benzene rings is 1. The number of furan rings is 1. The summed E-state index contributed by atoms with van der Waals surface area (Å²) in [5.74, 6) is 0.704. The summed E-state index contributed by atoms with van der Waals surface area (Å²) in [7, 11) is 0. The lowest BCUT2D eigenvalue weighted by atomic mass is 10.2. The van der Waals surface area contributed by atoms with Gasteiger partial charge in [-0.1, -0.05) is 12.1 Å². The van der Waals surface area contributed by atoms with Crippen LogP contribution in [-0.2, 0) is 13.1 Å². The molecule has 0 atom stereocenters. The Balaban J connectivity index is 1.82. The first-order valence-corrected chi connectivity index (χ1v) is 6.01. The third kappa shape index (κ3) is 3.31. The molecule has 0 aliphatic carbocycles. The minimum atomic E-state index is -0.204. The summed E-state index contributed by atoms with van der Waals surface area (Å²) in [6.07, 6.45) is 0. The first kappa shape index (κ1) is 11.6. The molecular formula is C12H11FINO. The molecule has 0 radical (unpaired) electrons. The number of hydrogen-bond acceptors (Lipinski definition) is 2. The van der Waals surface area contributed by atoms with E-state index in [1.807, 2.05) is 12.1 Å². The first-order valence-electron chi connectivity index (χ1n) is 4.93. The fraction of sp³-hybridized carbons (Fsp3) is 0.167. The van der Waals surface area contributed by atoms with Crippen LogP contribution in [0, 0.1) is 9.58 Å². The summed E-state index contributed by atoms with van der Waals surface area (Å²) in [6.45, 7) is 1.39. The SMILES string of the molecule is Fc1ccc(CNCc2ccc(I)o2)cc1. The van der Waals surface area contributed by atoms with Gasteiger partial charge in [0.25, 0.3) is 0 Å². The van der Waals surface area contributed by atoms with Gasteiger partial charge in [0.15, 0.2) is 3.77 Å². The number of rotatable bonds is 4. The maximum atomic E-state index is 12.6. The van der Waals surface area contributed by atoms with E-state index in [0.29, 0.717) is 13.1 Å². The van der Waals surface area contributed by atoms with Gasteiger partial charge in [-0.15, -0.1) is 0 Å². The smallest absolute Gasteiger partial charge is 0.164 e. The lowest BCUT2D eigenvalue weighted by molar-refractivity contribution is 0.463. The largest absolute Gasteiger partial charge is 0.454 e. The average molecular weight is 331 g/mol. The molecule has 0 saturated heterocycles. The van der Waals surface area contributed by atoms with Crippen LogP contribution in [-0.4, -0.2) is 0 Å². The summed E-state index contributed by atoms with van der Waals surface area (Å²) < 4.78 is 18.9. The molecule has 0 fully saturated rings. The minimum absolute atomic E-state index is 0.204. The van der Waals surface area contributed by atoms with Crippen molar-refractivity contribution in [1.29, 1.82) is 0 Å². The monoisotopic (exact) mass is 331 g/mol. The van der Waals surface area contributed by atoms with Crippen LogP contribution < -0.4 is 5.32 Å². The molecule has 2 nitrogen and oxygen atoms in total. The predicted molar refractivity (Wildman–Crippen MR) is 68.4 cm³/mol. The van der Waals surface area contributed by atoms with Crippen LogP contribution in [0.25, 0.3) is 0 Å². The van der Waals surface area contributed by atoms with Crippen LogP contribution in [0.5, 0.6) is 0 Å². The summed E-state index contributed by atoms with van der Waals surface area (Å²) in [6, 6.07) is 10.3. The highest BCUT2D eigenvalue weighted by molar-refractivity contribution is 14.1. The van der Waals surface area contributed by atoms with Crippen LogP contribution in [0.3, 0.4) is 0 Å². The van der Waals surface area contributed by atoms with Gasteiger partial charge in [0.2, 0.25) is 0 Å². The third-order valence-electron chi connectivity index (χ3n) is 2.17. The molecule has 0 saturated carbocycles. The van der Waals surface area contributed by atoms with E-state index in [9.17, 15) is 4.39 Å². The zero-order valence-corrected chi connectivity index (χ0v) is 10.7. The van der Waals surface area contributed by atoms with Gasteiger partial charge in [-0.2, -0.15) is 0 Å². The highest BCUT2D eigenvalue weighted by atomic mass is 127. The number of halogens is 2. The van der Waals surface area contributed by atoms with E-state index >= 15 is 0 Å². The van der Waals surface area contributed by atoms with Gasteiger partial charge < -0.3 is 9.73 Å². The zero-order chi connectivity index (χ0) is 11.4. The molecule has 2 aromatic rings. The molecule has 4 heteroatoms. The molecule has 84 valence electrons. The van der Waals surface area contributed by atoms with Gasteiger partial charge >= 0.3 is 0 Å². The average Bonchev–Trinajstić information content (AvgIpc) is 2.67. The van der Waals surface area contributed by atoms with Crippen LogP contribution in [0.1, 0.15) is 11.3 Å². The number of hydrogen-bond donors (Lipinski definition) is 1. The molecule has 0 spiro atoms. The molecule has 16 heavy (non-hydrogen) atoms. The Hall–Kier alpha value is -0.880. The second-order valence-electron chi connectivity index (χ2n) is 3.44. The third-order valence-corrected chi connectivity index (χ3v) is 2.75. The fourth-order valence-corrected chi connectivity index (χ4v) is 1.84. The standard InChI is InChI=1S/C12H11FINO/c13-10-3-1-9(2-4-10)7-15-8-11-5-6-12(14)16-11/h1-6,15H,7-8H2. The van der Waals surface area contributed by atoms with Crippen molar-refractivity contribution in [3.63, 3.8) is 0 Å². The Kier molecular flexibility index (Phi) is 3.95. The van der Waals surface area contributed by atoms with Crippen molar-refractivity contribution in [3.05, 3.63) is 57.3 Å². The molecule has 0 aliphatic heterocycles. The molecule has 1 N–H and O–H groups in total. The first-order chi connectivity index (χ1) is 7.74. The summed E-state index contributed by atoms with van der Waals surface area (Å²) in [5.41, 5.74) is 1.06. The quantitative estimate of drug-likeness (QED) is 0.870. The van der Waals surface area contributed by atoms with E-state index in [-0.39, 0.29) is 5.82 Å². The molecule has 0 aliphatic rings. The molecule has 0 bridgehead atoms. The van der Waals surface area contributed by atoms with Crippen molar-refractivity contribution in [2.45, 2.75) is 13.1 Å². The van der Waals surface area contributed by atoms with E-state index in [0.717, 1.165) is 15.1 Å². The normalized spacial score (nSPS) is 10.6. The summed E-state index contributed by atoms with van der Waals surface area (Å²) in [5, 5.41) is 3.23. The minimum Gasteiger partial charge on any atom is -0.454 e. The number of nitrogens with one attached hydrogen (secondary N) is 1. The molecule has 0 unspecified atom stereocenters. The Bertz CT molecular complexity index is 452. The Morgan fingerprint density at radius 1 is 1.06 bits per heavy atom. The van der Waals surface area contributed by atoms with Gasteiger partial charge in [0.1, 0.15) is 11.6 Å². The fourth-order valence-electron chi connectivity index (χ4n) is 1.38. The highest BCUT2D eigenvalue weighted by Crippen LogP contribution is 2.10. The van der Waals surface area contributed by atoms with E-state index in [1.54, 1.807) is 12.1 Å². The Labute approximate surface area is 107 Å². The zero-order valence-electron chi connectivity index (χ0n) is 8.54. The van der Waals surface area contributed by atoms with E-state index < -0.39 is 0 Å². The molecular weight excluding hydrogens is 320 g/mol. The molecule has 1 aromatic heterocycles. The predicted octanol–water partition coefficient (Wildman–Crippen LogP) is 3.31. The Morgan fingerprint density at radius 2 is 1.81 bits per heavy atom. The van der Waals surface area contributed by atoms with E-state index in [4.69, 9.17) is 4.42 Å². The maximum absolute atomic E-state index is 12.6. The van der Waals surface area contributed by atoms with Gasteiger partial charge in [-0.25, -0.2) is 4.39 Å². The van der Waals surface area contributed by atoms with Crippen molar-refractivity contribution in [3.8, 4) is 0 Å². The van der Waals surface area contributed by atoms with Crippen molar-refractivity contribution in [2.24, 2.45) is 0 Å². The van der Waals surface area contributed by atoms with Crippen LogP contribution in [0.15, 0.2) is 40.8 Å². The highest BCUT2D eigenvalue weighted by Gasteiger charge is 1.99. The van der Waals surface area contributed by atoms with Crippen LogP contribution in [0.4, 0.5) is 4.39 Å². The maximum Gasteiger partial charge on any atom is 0.164 e. The second-order valence-corrected chi connectivity index (χ2v) is 4.50. The van der Waals surface area contributed by atoms with Crippen LogP contribution in [0.2, 0.25) is 0 Å². The second kappa shape index (κ2) is 5.45. The summed E-state index contributed by atoms with van der Waals surface area (Å²) in [4.78, 5) is 0. The van der Waals surface area contributed by atoms with Crippen molar-refractivity contribution in [1.82, 2.24) is 5.32 Å². The molecule has 0 amide bonds. The molecule has 1 aromatic carbocycles. The van der Waals surface area contributed by atoms with E-state index in [1.165, 1.54) is 12.1 Å². The van der Waals surface area contributed by atoms with Gasteiger partial charge in [-0.3, -0.25) is 0 Å².